The molecule has 0 spiro atoms. The highest BCUT2D eigenvalue weighted by Gasteiger charge is 2.37. The van der Waals surface area contributed by atoms with Crippen LogP contribution in [0.1, 0.15) is 6.42 Å². The maximum atomic E-state index is 11.9. The third-order valence-corrected chi connectivity index (χ3v) is 1.74. The molecule has 1 unspecified atom stereocenters. The lowest BCUT2D eigenvalue weighted by Crippen LogP contribution is -2.34. The molecule has 1 rings (SSSR count). The Kier molecular flexibility index (Phi) is 3.15. The number of nitrogens with zero attached hydrogens (tertiary/aromatic N) is 2. The summed E-state index contributed by atoms with van der Waals surface area (Å²) in [5, 5.41) is 0. The minimum absolute atomic E-state index is 0.334. The lowest BCUT2D eigenvalue weighted by Gasteiger charge is -2.18. The van der Waals surface area contributed by atoms with E-state index in [1.54, 1.807) is 0 Å². The van der Waals surface area contributed by atoms with E-state index in [4.69, 9.17) is 0 Å². The van der Waals surface area contributed by atoms with Crippen LogP contribution in [-0.2, 0) is 0 Å². The molecule has 0 N–H and O–H groups in total. The summed E-state index contributed by atoms with van der Waals surface area (Å²) < 4.78 is 71.1. The van der Waals surface area contributed by atoms with Crippen LogP contribution in [0.15, 0.2) is 4.99 Å². The van der Waals surface area contributed by atoms with Crippen LogP contribution in [0.2, 0.25) is 0 Å². The first-order chi connectivity index (χ1) is 6.66. The summed E-state index contributed by atoms with van der Waals surface area (Å²) in [4.78, 5) is 4.10. The Balaban J connectivity index is 2.38. The van der Waals surface area contributed by atoms with Gasteiger partial charge in [-0.2, -0.15) is 26.3 Å². The first-order valence-corrected chi connectivity index (χ1v) is 4.06. The van der Waals surface area contributed by atoms with E-state index >= 15 is 0 Å². The van der Waals surface area contributed by atoms with Gasteiger partial charge in [-0.3, -0.25) is 4.99 Å². The number of rotatable bonds is 2. The Morgan fingerprint density at radius 2 is 1.73 bits per heavy atom. The van der Waals surface area contributed by atoms with Gasteiger partial charge in [-0.25, -0.2) is 0 Å². The Morgan fingerprint density at radius 3 is 2.20 bits per heavy atom. The summed E-state index contributed by atoms with van der Waals surface area (Å²) in [6, 6.07) is -1.12. The standard InChI is InChI=1S/C7H8F6N2/c8-6(9,10)1-5-2-15(4-14-5)3-7(11,12)13/h4-5H,1-3H2. The van der Waals surface area contributed by atoms with Gasteiger partial charge in [0.2, 0.25) is 0 Å². The van der Waals surface area contributed by atoms with Crippen molar-refractivity contribution in [2.24, 2.45) is 4.99 Å². The van der Waals surface area contributed by atoms with Gasteiger partial charge >= 0.3 is 12.4 Å². The van der Waals surface area contributed by atoms with Crippen molar-refractivity contribution in [3.63, 3.8) is 0 Å². The largest absolute Gasteiger partial charge is 0.405 e. The lowest BCUT2D eigenvalue weighted by atomic mass is 10.2. The third kappa shape index (κ3) is 4.89. The van der Waals surface area contributed by atoms with Gasteiger partial charge in [-0.1, -0.05) is 0 Å². The normalized spacial score (nSPS) is 22.5. The average molecular weight is 234 g/mol. The number of halogens is 6. The zero-order valence-corrected chi connectivity index (χ0v) is 7.44. The monoisotopic (exact) mass is 234 g/mol. The molecule has 88 valence electrons. The summed E-state index contributed by atoms with van der Waals surface area (Å²) in [6.07, 6.45) is -9.17. The summed E-state index contributed by atoms with van der Waals surface area (Å²) in [7, 11) is 0. The van der Waals surface area contributed by atoms with Gasteiger partial charge in [0, 0.05) is 6.54 Å². The Hall–Kier alpha value is -0.950. The highest BCUT2D eigenvalue weighted by atomic mass is 19.4. The molecule has 1 heterocycles. The fourth-order valence-electron chi connectivity index (χ4n) is 1.27. The van der Waals surface area contributed by atoms with E-state index in [0.29, 0.717) is 0 Å². The zero-order chi connectivity index (χ0) is 11.7. The average Bonchev–Trinajstić information content (AvgIpc) is 2.28. The fraction of sp³-hybridized carbons (Fsp3) is 0.857. The number of hydrogen-bond acceptors (Lipinski definition) is 2. The molecule has 0 bridgehead atoms. The molecule has 2 nitrogen and oxygen atoms in total. The van der Waals surface area contributed by atoms with Crippen LogP contribution in [0, 0.1) is 0 Å². The van der Waals surface area contributed by atoms with Crippen LogP contribution in [0.4, 0.5) is 26.3 Å². The van der Waals surface area contributed by atoms with Gasteiger partial charge < -0.3 is 4.90 Å². The van der Waals surface area contributed by atoms with E-state index in [2.05, 4.69) is 4.99 Å². The highest BCUT2D eigenvalue weighted by molar-refractivity contribution is 5.57. The zero-order valence-electron chi connectivity index (χ0n) is 7.44. The van der Waals surface area contributed by atoms with Crippen molar-refractivity contribution in [1.29, 1.82) is 0 Å². The maximum Gasteiger partial charge on any atom is 0.405 e. The highest BCUT2D eigenvalue weighted by Crippen LogP contribution is 2.26. The molecular formula is C7H8F6N2. The predicted molar refractivity (Wildman–Crippen MR) is 40.6 cm³/mol. The SMILES string of the molecule is FC(F)(F)CC1CN(CC(F)(F)F)C=N1. The van der Waals surface area contributed by atoms with Gasteiger partial charge in [0.05, 0.1) is 18.8 Å². The van der Waals surface area contributed by atoms with Crippen LogP contribution in [0.25, 0.3) is 0 Å². The second-order valence-corrected chi connectivity index (χ2v) is 3.28. The topological polar surface area (TPSA) is 15.6 Å². The molecule has 15 heavy (non-hydrogen) atoms. The van der Waals surface area contributed by atoms with Crippen LogP contribution in [0.5, 0.6) is 0 Å². The van der Waals surface area contributed by atoms with Crippen LogP contribution in [-0.4, -0.2) is 42.7 Å². The molecule has 0 aromatic heterocycles. The van der Waals surface area contributed by atoms with E-state index in [1.165, 1.54) is 0 Å². The molecule has 0 aromatic rings. The molecule has 1 aliphatic rings. The molecular weight excluding hydrogens is 226 g/mol. The molecule has 0 aromatic carbocycles. The Bertz CT molecular complexity index is 219. The molecule has 8 heteroatoms. The molecule has 0 aliphatic carbocycles. The van der Waals surface area contributed by atoms with Crippen molar-refractivity contribution >= 4 is 6.34 Å². The molecule has 0 radical (unpaired) electrons. The first-order valence-electron chi connectivity index (χ1n) is 4.06. The predicted octanol–water partition coefficient (Wildman–Crippen LogP) is 2.21. The summed E-state index contributed by atoms with van der Waals surface area (Å²) in [6.45, 7) is -1.59. The molecule has 1 aliphatic heterocycles. The lowest BCUT2D eigenvalue weighted by molar-refractivity contribution is -0.142. The number of aliphatic imine (C=N–C) groups is 1. The van der Waals surface area contributed by atoms with Gasteiger partial charge in [0.25, 0.3) is 0 Å². The quantitative estimate of drug-likeness (QED) is 0.669. The van der Waals surface area contributed by atoms with E-state index in [0.717, 1.165) is 11.2 Å². The van der Waals surface area contributed by atoms with Crippen LogP contribution < -0.4 is 0 Å². The third-order valence-electron chi connectivity index (χ3n) is 1.74. The van der Waals surface area contributed by atoms with Gasteiger partial charge in [-0.05, 0) is 0 Å². The fourth-order valence-corrected chi connectivity index (χ4v) is 1.27. The summed E-state index contributed by atoms with van der Waals surface area (Å²) >= 11 is 0. The second kappa shape index (κ2) is 3.90. The van der Waals surface area contributed by atoms with Crippen molar-refractivity contribution < 1.29 is 26.3 Å². The van der Waals surface area contributed by atoms with Crippen molar-refractivity contribution in [2.75, 3.05) is 13.1 Å². The smallest absolute Gasteiger partial charge is 0.352 e. The van der Waals surface area contributed by atoms with E-state index in [9.17, 15) is 26.3 Å². The number of hydrogen-bond donors (Lipinski definition) is 0. The molecule has 0 saturated carbocycles. The molecule has 1 atom stereocenters. The molecule has 0 amide bonds. The van der Waals surface area contributed by atoms with Gasteiger partial charge in [0.1, 0.15) is 6.54 Å². The van der Waals surface area contributed by atoms with Crippen LogP contribution >= 0.6 is 0 Å². The Labute approximate surface area is 81.6 Å². The van der Waals surface area contributed by atoms with Crippen molar-refractivity contribution in [3.05, 3.63) is 0 Å². The van der Waals surface area contributed by atoms with Gasteiger partial charge in [0.15, 0.2) is 0 Å². The van der Waals surface area contributed by atoms with E-state index in [-0.39, 0.29) is 6.54 Å². The van der Waals surface area contributed by atoms with Crippen molar-refractivity contribution in [1.82, 2.24) is 4.90 Å². The van der Waals surface area contributed by atoms with Crippen LogP contribution in [0.3, 0.4) is 0 Å². The molecule has 0 saturated heterocycles. The summed E-state index contributed by atoms with van der Waals surface area (Å²) in [5.41, 5.74) is 0. The van der Waals surface area contributed by atoms with E-state index in [1.807, 2.05) is 0 Å². The van der Waals surface area contributed by atoms with Crippen molar-refractivity contribution in [2.45, 2.75) is 24.8 Å². The van der Waals surface area contributed by atoms with Crippen molar-refractivity contribution in [3.8, 4) is 0 Å². The minimum atomic E-state index is -4.42. The number of alkyl halides is 6. The first kappa shape index (κ1) is 12.1. The molecule has 0 fully saturated rings. The van der Waals surface area contributed by atoms with E-state index < -0.39 is 31.4 Å². The maximum absolute atomic E-state index is 11.9. The minimum Gasteiger partial charge on any atom is -0.352 e. The Morgan fingerprint density at radius 1 is 1.13 bits per heavy atom. The summed E-state index contributed by atoms with van der Waals surface area (Å²) in [5.74, 6) is 0. The second-order valence-electron chi connectivity index (χ2n) is 3.28. The van der Waals surface area contributed by atoms with Gasteiger partial charge in [-0.15, -0.1) is 0 Å².